The highest BCUT2D eigenvalue weighted by Crippen LogP contribution is 2.20. The molecule has 0 amide bonds. The van der Waals surface area contributed by atoms with Gasteiger partial charge in [-0.1, -0.05) is 11.6 Å². The lowest BCUT2D eigenvalue weighted by atomic mass is 10.2. The van der Waals surface area contributed by atoms with E-state index >= 15 is 0 Å². The second kappa shape index (κ2) is 6.29. The number of aromatic amines is 1. The minimum absolute atomic E-state index is 0.379. The lowest BCUT2D eigenvalue weighted by molar-refractivity contribution is -0.110. The molecule has 2 aromatic rings. The Morgan fingerprint density at radius 2 is 1.95 bits per heavy atom. The summed E-state index contributed by atoms with van der Waals surface area (Å²) in [5, 5.41) is 7.68. The number of halogens is 1. The van der Waals surface area contributed by atoms with Crippen molar-refractivity contribution in [3.8, 4) is 11.4 Å². The molecule has 0 unspecified atom stereocenters. The predicted octanol–water partition coefficient (Wildman–Crippen LogP) is 2.88. The molecule has 0 fully saturated rings. The van der Waals surface area contributed by atoms with Crippen molar-refractivity contribution in [1.29, 1.82) is 0 Å². The molecule has 0 saturated heterocycles. The second-order valence-corrected chi connectivity index (χ2v) is 4.69. The molecule has 1 N–H and O–H groups in total. The SMILES string of the molecule is COC(Cn1c(-c2ccc(Cl)cc2)n[nH]c1=S)OC. The van der Waals surface area contributed by atoms with Gasteiger partial charge in [-0.15, -0.1) is 0 Å². The maximum Gasteiger partial charge on any atom is 0.195 e. The van der Waals surface area contributed by atoms with Gasteiger partial charge in [-0.2, -0.15) is 5.10 Å². The van der Waals surface area contributed by atoms with Crippen LogP contribution >= 0.6 is 23.8 Å². The third-order valence-electron chi connectivity index (χ3n) is 2.72. The largest absolute Gasteiger partial charge is 0.354 e. The molecule has 1 aromatic heterocycles. The summed E-state index contributed by atoms with van der Waals surface area (Å²) in [5.41, 5.74) is 0.919. The summed E-state index contributed by atoms with van der Waals surface area (Å²) in [4.78, 5) is 0. The van der Waals surface area contributed by atoms with E-state index in [4.69, 9.17) is 33.3 Å². The third-order valence-corrected chi connectivity index (χ3v) is 3.28. The van der Waals surface area contributed by atoms with Gasteiger partial charge in [-0.05, 0) is 36.5 Å². The normalized spacial score (nSPS) is 11.2. The zero-order chi connectivity index (χ0) is 13.8. The van der Waals surface area contributed by atoms with Crippen LogP contribution in [0.25, 0.3) is 11.4 Å². The number of nitrogens with one attached hydrogen (secondary N) is 1. The predicted molar refractivity (Wildman–Crippen MR) is 75.7 cm³/mol. The minimum Gasteiger partial charge on any atom is -0.354 e. The molecule has 102 valence electrons. The van der Waals surface area contributed by atoms with Crippen molar-refractivity contribution >= 4 is 23.8 Å². The van der Waals surface area contributed by atoms with Crippen molar-refractivity contribution in [1.82, 2.24) is 14.8 Å². The standard InChI is InChI=1S/C12H14ClN3O2S/c1-17-10(18-2)7-16-11(14-15-12(16)19)8-3-5-9(13)6-4-8/h3-6,10H,7H2,1-2H3,(H,15,19). The van der Waals surface area contributed by atoms with Gasteiger partial charge in [0.05, 0.1) is 6.54 Å². The Hall–Kier alpha value is -1.21. The Morgan fingerprint density at radius 1 is 1.32 bits per heavy atom. The average Bonchev–Trinajstić information content (AvgIpc) is 2.78. The van der Waals surface area contributed by atoms with Crippen LogP contribution in [0.15, 0.2) is 24.3 Å². The van der Waals surface area contributed by atoms with Crippen LogP contribution < -0.4 is 0 Å². The molecular formula is C12H14ClN3O2S. The minimum atomic E-state index is -0.379. The molecule has 0 aliphatic heterocycles. The Labute approximate surface area is 121 Å². The smallest absolute Gasteiger partial charge is 0.195 e. The number of methoxy groups -OCH3 is 2. The highest BCUT2D eigenvalue weighted by atomic mass is 35.5. The molecule has 0 atom stereocenters. The summed E-state index contributed by atoms with van der Waals surface area (Å²) in [6.45, 7) is 0.459. The van der Waals surface area contributed by atoms with Gasteiger partial charge in [0.15, 0.2) is 16.9 Å². The molecule has 0 aliphatic carbocycles. The van der Waals surface area contributed by atoms with Gasteiger partial charge in [0.25, 0.3) is 0 Å². The van der Waals surface area contributed by atoms with Crippen LogP contribution in [0.2, 0.25) is 5.02 Å². The van der Waals surface area contributed by atoms with E-state index < -0.39 is 0 Å². The number of ether oxygens (including phenoxy) is 2. The molecule has 19 heavy (non-hydrogen) atoms. The lowest BCUT2D eigenvalue weighted by Gasteiger charge is -2.15. The molecule has 0 spiro atoms. The number of hydrogen-bond donors (Lipinski definition) is 1. The lowest BCUT2D eigenvalue weighted by Crippen LogP contribution is -2.21. The highest BCUT2D eigenvalue weighted by Gasteiger charge is 2.13. The number of aromatic nitrogens is 3. The number of hydrogen-bond acceptors (Lipinski definition) is 4. The van der Waals surface area contributed by atoms with Crippen molar-refractivity contribution in [2.75, 3.05) is 14.2 Å². The van der Waals surface area contributed by atoms with Crippen molar-refractivity contribution in [2.24, 2.45) is 0 Å². The Kier molecular flexibility index (Phi) is 4.71. The Bertz CT molecular complexity index is 590. The van der Waals surface area contributed by atoms with Crippen LogP contribution in [0.1, 0.15) is 0 Å². The fraction of sp³-hybridized carbons (Fsp3) is 0.333. The molecule has 0 radical (unpaired) electrons. The monoisotopic (exact) mass is 299 g/mol. The first kappa shape index (κ1) is 14.2. The number of benzene rings is 1. The Morgan fingerprint density at radius 3 is 2.53 bits per heavy atom. The second-order valence-electron chi connectivity index (χ2n) is 3.87. The van der Waals surface area contributed by atoms with Crippen LogP contribution in [0.3, 0.4) is 0 Å². The molecule has 1 heterocycles. The zero-order valence-corrected chi connectivity index (χ0v) is 12.2. The summed E-state index contributed by atoms with van der Waals surface area (Å²) in [7, 11) is 3.17. The molecular weight excluding hydrogens is 286 g/mol. The summed E-state index contributed by atoms with van der Waals surface area (Å²) in [5.74, 6) is 0.723. The van der Waals surface area contributed by atoms with Crippen LogP contribution in [-0.2, 0) is 16.0 Å². The van der Waals surface area contributed by atoms with Gasteiger partial charge in [-0.3, -0.25) is 9.67 Å². The first-order valence-corrected chi connectivity index (χ1v) is 6.41. The van der Waals surface area contributed by atoms with E-state index in [1.54, 1.807) is 14.2 Å². The first-order valence-electron chi connectivity index (χ1n) is 5.62. The molecule has 2 rings (SSSR count). The average molecular weight is 300 g/mol. The summed E-state index contributed by atoms with van der Waals surface area (Å²) < 4.78 is 12.7. The fourth-order valence-corrected chi connectivity index (χ4v) is 2.03. The van der Waals surface area contributed by atoms with E-state index in [9.17, 15) is 0 Å². The van der Waals surface area contributed by atoms with Crippen LogP contribution in [0.5, 0.6) is 0 Å². The maximum absolute atomic E-state index is 5.88. The van der Waals surface area contributed by atoms with Crippen molar-refractivity contribution in [3.63, 3.8) is 0 Å². The van der Waals surface area contributed by atoms with Gasteiger partial charge in [-0.25, -0.2) is 0 Å². The van der Waals surface area contributed by atoms with Gasteiger partial charge >= 0.3 is 0 Å². The van der Waals surface area contributed by atoms with Crippen LogP contribution in [-0.4, -0.2) is 35.3 Å². The van der Waals surface area contributed by atoms with E-state index in [1.807, 2.05) is 28.8 Å². The molecule has 5 nitrogen and oxygen atoms in total. The van der Waals surface area contributed by atoms with E-state index in [0.717, 1.165) is 11.4 Å². The fourth-order valence-electron chi connectivity index (χ4n) is 1.70. The summed E-state index contributed by atoms with van der Waals surface area (Å²) in [6, 6.07) is 7.39. The van der Waals surface area contributed by atoms with E-state index in [2.05, 4.69) is 10.2 Å². The zero-order valence-electron chi connectivity index (χ0n) is 10.6. The summed E-state index contributed by atoms with van der Waals surface area (Å²) >= 11 is 11.1. The third kappa shape index (κ3) is 3.22. The maximum atomic E-state index is 5.88. The number of nitrogens with zero attached hydrogens (tertiary/aromatic N) is 2. The van der Waals surface area contributed by atoms with Gasteiger partial charge < -0.3 is 9.47 Å². The Balaban J connectivity index is 2.37. The van der Waals surface area contributed by atoms with E-state index in [1.165, 1.54) is 0 Å². The van der Waals surface area contributed by atoms with E-state index in [0.29, 0.717) is 16.3 Å². The first-order chi connectivity index (χ1) is 9.15. The highest BCUT2D eigenvalue weighted by molar-refractivity contribution is 7.71. The quantitative estimate of drug-likeness (QED) is 0.681. The van der Waals surface area contributed by atoms with Crippen LogP contribution in [0, 0.1) is 4.77 Å². The number of rotatable bonds is 5. The molecule has 0 aliphatic rings. The molecule has 0 saturated carbocycles. The molecule has 1 aromatic carbocycles. The van der Waals surface area contributed by atoms with Crippen molar-refractivity contribution < 1.29 is 9.47 Å². The van der Waals surface area contributed by atoms with Crippen molar-refractivity contribution in [2.45, 2.75) is 12.8 Å². The number of H-pyrrole nitrogens is 1. The van der Waals surface area contributed by atoms with Gasteiger partial charge in [0.2, 0.25) is 0 Å². The molecule has 7 heteroatoms. The molecule has 0 bridgehead atoms. The van der Waals surface area contributed by atoms with Crippen molar-refractivity contribution in [3.05, 3.63) is 34.1 Å². The van der Waals surface area contributed by atoms with Crippen LogP contribution in [0.4, 0.5) is 0 Å². The summed E-state index contributed by atoms with van der Waals surface area (Å²) in [6.07, 6.45) is -0.379. The topological polar surface area (TPSA) is 52.1 Å². The van der Waals surface area contributed by atoms with Gasteiger partial charge in [0.1, 0.15) is 0 Å². The van der Waals surface area contributed by atoms with Gasteiger partial charge in [0, 0.05) is 24.8 Å². The van der Waals surface area contributed by atoms with E-state index in [-0.39, 0.29) is 6.29 Å².